The van der Waals surface area contributed by atoms with E-state index in [1.165, 1.54) is 0 Å². The van der Waals surface area contributed by atoms with Crippen LogP contribution >= 0.6 is 33.9 Å². The highest BCUT2D eigenvalue weighted by molar-refractivity contribution is 14.1. The number of amides is 2. The molecule has 2 aromatic heterocycles. The summed E-state index contributed by atoms with van der Waals surface area (Å²) in [5, 5.41) is 4.55. The van der Waals surface area contributed by atoms with Gasteiger partial charge in [-0.25, -0.2) is 4.79 Å². The molecule has 0 saturated carbocycles. The predicted octanol–water partition coefficient (Wildman–Crippen LogP) is 5.92. The molecule has 1 saturated heterocycles. The molecule has 5 nitrogen and oxygen atoms in total. The largest absolute Gasteiger partial charge is 0.336 e. The summed E-state index contributed by atoms with van der Waals surface area (Å²) < 4.78 is 32.7. The molecule has 0 spiro atoms. The van der Waals surface area contributed by atoms with E-state index in [-0.39, 0.29) is 19.0 Å². The molecule has 33 heavy (non-hydrogen) atoms. The van der Waals surface area contributed by atoms with Crippen molar-refractivity contribution in [3.05, 3.63) is 49.5 Å². The topological polar surface area (TPSA) is 57.3 Å². The molecule has 9 heteroatoms. The van der Waals surface area contributed by atoms with E-state index in [4.69, 9.17) is 0 Å². The fraction of sp³-hybridized carbons (Fsp3) is 0.583. The number of urea groups is 1. The van der Waals surface area contributed by atoms with Crippen molar-refractivity contribution in [2.75, 3.05) is 13.1 Å². The molecule has 0 radical (unpaired) electrons. The standard InChI is InChI=1S/C24H33F2IN4OS/c1-16(2)29-21(32)30-24(25,26)23(11-10-19-8-9-20(27)33-19)12-13-31(15-23)22(4,5)18-7-6-17(3)28-14-18/h6-9,14,16H,10-13,15H2,1-5H3,(H2,29,30,32). The molecule has 3 rings (SSSR count). The second-order valence-electron chi connectivity index (χ2n) is 9.73. The van der Waals surface area contributed by atoms with Crippen LogP contribution < -0.4 is 10.6 Å². The molecule has 2 amide bonds. The SMILES string of the molecule is Cc1ccc(C(C)(C)N2CCC(CCc3ccc(I)s3)(C(F)(F)NC(=O)NC(C)C)C2)cn1. The first-order valence-electron chi connectivity index (χ1n) is 11.2. The van der Waals surface area contributed by atoms with Crippen LogP contribution in [0.3, 0.4) is 0 Å². The summed E-state index contributed by atoms with van der Waals surface area (Å²) >= 11 is 3.88. The van der Waals surface area contributed by atoms with Gasteiger partial charge in [0.05, 0.1) is 8.30 Å². The van der Waals surface area contributed by atoms with Gasteiger partial charge in [-0.3, -0.25) is 15.2 Å². The van der Waals surface area contributed by atoms with E-state index in [1.54, 1.807) is 25.2 Å². The number of pyridine rings is 1. The smallest absolute Gasteiger partial charge is 0.333 e. The van der Waals surface area contributed by atoms with E-state index in [1.807, 2.05) is 56.6 Å². The molecule has 3 heterocycles. The molecule has 2 aromatic rings. The molecular weight excluding hydrogens is 557 g/mol. The van der Waals surface area contributed by atoms with E-state index in [2.05, 4.69) is 37.8 Å². The fourth-order valence-electron chi connectivity index (χ4n) is 4.40. The van der Waals surface area contributed by atoms with E-state index in [9.17, 15) is 4.79 Å². The molecule has 0 bridgehead atoms. The number of nitrogens with zero attached hydrogens (tertiary/aromatic N) is 2. The molecule has 1 aliphatic rings. The number of alkyl halides is 2. The Morgan fingerprint density at radius 3 is 2.61 bits per heavy atom. The van der Waals surface area contributed by atoms with Gasteiger partial charge in [0.15, 0.2) is 0 Å². The summed E-state index contributed by atoms with van der Waals surface area (Å²) in [5.74, 6) is 0. The van der Waals surface area contributed by atoms with Gasteiger partial charge in [-0.1, -0.05) is 6.07 Å². The van der Waals surface area contributed by atoms with Crippen molar-refractivity contribution in [1.29, 1.82) is 0 Å². The van der Waals surface area contributed by atoms with Gasteiger partial charge in [0.1, 0.15) is 0 Å². The highest BCUT2D eigenvalue weighted by Gasteiger charge is 2.59. The average molecular weight is 591 g/mol. The van der Waals surface area contributed by atoms with Crippen molar-refractivity contribution in [3.8, 4) is 0 Å². The summed E-state index contributed by atoms with van der Waals surface area (Å²) in [6.45, 7) is 10.2. The highest BCUT2D eigenvalue weighted by Crippen LogP contribution is 2.49. The molecular formula is C24H33F2IN4OS. The van der Waals surface area contributed by atoms with Crippen LogP contribution in [0.25, 0.3) is 0 Å². The van der Waals surface area contributed by atoms with Crippen molar-refractivity contribution in [1.82, 2.24) is 20.5 Å². The number of hydrogen-bond acceptors (Lipinski definition) is 4. The van der Waals surface area contributed by atoms with Crippen LogP contribution in [0.1, 0.15) is 56.7 Å². The van der Waals surface area contributed by atoms with Crippen LogP contribution in [0.15, 0.2) is 30.5 Å². The molecule has 182 valence electrons. The fourth-order valence-corrected chi connectivity index (χ4v) is 6.16. The van der Waals surface area contributed by atoms with Gasteiger partial charge < -0.3 is 5.32 Å². The van der Waals surface area contributed by atoms with E-state index in [0.29, 0.717) is 19.4 Å². The quantitative estimate of drug-likeness (QED) is 0.297. The number of carbonyl (C=O) groups excluding carboxylic acids is 1. The van der Waals surface area contributed by atoms with Gasteiger partial charge in [0.25, 0.3) is 0 Å². The number of hydrogen-bond donors (Lipinski definition) is 2. The number of thiophene rings is 1. The second kappa shape index (κ2) is 10.1. The third-order valence-electron chi connectivity index (χ3n) is 6.60. The van der Waals surface area contributed by atoms with Crippen molar-refractivity contribution in [2.45, 2.75) is 71.5 Å². The Kier molecular flexibility index (Phi) is 8.05. The molecule has 1 atom stereocenters. The maximum absolute atomic E-state index is 15.8. The zero-order valence-electron chi connectivity index (χ0n) is 19.8. The van der Waals surface area contributed by atoms with Crippen LogP contribution in [0.5, 0.6) is 0 Å². The Morgan fingerprint density at radius 1 is 1.30 bits per heavy atom. The first kappa shape index (κ1) is 26.3. The zero-order chi connectivity index (χ0) is 24.4. The number of likely N-dealkylation sites (tertiary alicyclic amines) is 1. The van der Waals surface area contributed by atoms with E-state index >= 15 is 8.78 Å². The van der Waals surface area contributed by atoms with Crippen LogP contribution in [0.2, 0.25) is 0 Å². The monoisotopic (exact) mass is 590 g/mol. The second-order valence-corrected chi connectivity index (χ2v) is 12.8. The van der Waals surface area contributed by atoms with Crippen LogP contribution in [0, 0.1) is 15.2 Å². The number of nitrogens with one attached hydrogen (secondary N) is 2. The number of aryl methyl sites for hydroxylation is 2. The Hall–Kier alpha value is -1.33. The van der Waals surface area contributed by atoms with Gasteiger partial charge in [-0.05, 0) is 107 Å². The maximum atomic E-state index is 15.8. The van der Waals surface area contributed by atoms with Gasteiger partial charge in [0.2, 0.25) is 0 Å². The minimum atomic E-state index is -3.35. The van der Waals surface area contributed by atoms with E-state index in [0.717, 1.165) is 19.0 Å². The summed E-state index contributed by atoms with van der Waals surface area (Å²) in [6.07, 6.45) is 2.97. The van der Waals surface area contributed by atoms with Crippen LogP contribution in [-0.4, -0.2) is 41.1 Å². The van der Waals surface area contributed by atoms with Crippen LogP contribution in [-0.2, 0) is 12.0 Å². The van der Waals surface area contributed by atoms with E-state index < -0.39 is 23.0 Å². The Morgan fingerprint density at radius 2 is 2.03 bits per heavy atom. The normalized spacial score (nSPS) is 19.8. The maximum Gasteiger partial charge on any atom is 0.333 e. The summed E-state index contributed by atoms with van der Waals surface area (Å²) in [4.78, 5) is 19.9. The molecule has 0 aliphatic carbocycles. The predicted molar refractivity (Wildman–Crippen MR) is 138 cm³/mol. The minimum Gasteiger partial charge on any atom is -0.336 e. The van der Waals surface area contributed by atoms with Crippen molar-refractivity contribution in [3.63, 3.8) is 0 Å². The minimum absolute atomic E-state index is 0.186. The third kappa shape index (κ3) is 6.03. The van der Waals surface area contributed by atoms with Gasteiger partial charge in [-0.15, -0.1) is 11.3 Å². The first-order chi connectivity index (χ1) is 15.3. The summed E-state index contributed by atoms with van der Waals surface area (Å²) in [7, 11) is 0. The van der Waals surface area contributed by atoms with Gasteiger partial charge in [-0.2, -0.15) is 8.78 Å². The number of rotatable bonds is 8. The lowest BCUT2D eigenvalue weighted by atomic mass is 9.79. The summed E-state index contributed by atoms with van der Waals surface area (Å²) in [5.41, 5.74) is 0.0803. The molecule has 1 aliphatic heterocycles. The molecule has 1 fully saturated rings. The number of carbonyl (C=O) groups is 1. The number of halogens is 3. The zero-order valence-corrected chi connectivity index (χ0v) is 22.8. The Labute approximate surface area is 212 Å². The molecule has 0 aromatic carbocycles. The molecule has 2 N–H and O–H groups in total. The lowest BCUT2D eigenvalue weighted by Gasteiger charge is -2.41. The Bertz CT molecular complexity index is 964. The summed E-state index contributed by atoms with van der Waals surface area (Å²) in [6, 6.07) is 3.57. The average Bonchev–Trinajstić information content (AvgIpc) is 3.33. The Balaban J connectivity index is 1.87. The highest BCUT2D eigenvalue weighted by atomic mass is 127. The van der Waals surface area contributed by atoms with Crippen molar-refractivity contribution in [2.24, 2.45) is 5.41 Å². The van der Waals surface area contributed by atoms with Gasteiger partial charge >= 0.3 is 12.1 Å². The van der Waals surface area contributed by atoms with Crippen molar-refractivity contribution >= 4 is 40.0 Å². The lowest BCUT2D eigenvalue weighted by molar-refractivity contribution is -0.139. The number of aromatic nitrogens is 1. The van der Waals surface area contributed by atoms with Crippen molar-refractivity contribution < 1.29 is 13.6 Å². The molecule has 1 unspecified atom stereocenters. The van der Waals surface area contributed by atoms with Crippen LogP contribution in [0.4, 0.5) is 13.6 Å². The van der Waals surface area contributed by atoms with Gasteiger partial charge in [0, 0.05) is 34.9 Å². The third-order valence-corrected chi connectivity index (χ3v) is 8.55. The lowest BCUT2D eigenvalue weighted by Crippen LogP contribution is -2.58. The first-order valence-corrected chi connectivity index (χ1v) is 13.1.